The second-order valence-electron chi connectivity index (χ2n) is 7.83. The Balaban J connectivity index is 0.000000234. The predicted octanol–water partition coefficient (Wildman–Crippen LogP) is 5.98. The lowest BCUT2D eigenvalue weighted by molar-refractivity contribution is -0.131. The predicted molar refractivity (Wildman–Crippen MR) is 120 cm³/mol. The summed E-state index contributed by atoms with van der Waals surface area (Å²) in [5.41, 5.74) is 1.86. The number of hydrogen-bond acceptors (Lipinski definition) is 3. The molecule has 0 spiro atoms. The molecular weight excluding hydrogens is 376 g/mol. The Labute approximate surface area is 178 Å². The zero-order chi connectivity index (χ0) is 21.3. The Hall–Kier alpha value is -3.01. The van der Waals surface area contributed by atoms with Gasteiger partial charge in [0.25, 0.3) is 0 Å². The molecule has 1 fully saturated rings. The fourth-order valence-corrected chi connectivity index (χ4v) is 4.10. The van der Waals surface area contributed by atoms with E-state index >= 15 is 0 Å². The van der Waals surface area contributed by atoms with E-state index in [-0.39, 0.29) is 0 Å². The molecule has 3 atom stereocenters. The van der Waals surface area contributed by atoms with Crippen LogP contribution in [0.15, 0.2) is 66.8 Å². The van der Waals surface area contributed by atoms with Crippen LogP contribution in [0.4, 0.5) is 0 Å². The van der Waals surface area contributed by atoms with Crippen molar-refractivity contribution in [2.24, 2.45) is 17.8 Å². The zero-order valence-electron chi connectivity index (χ0n) is 17.7. The van der Waals surface area contributed by atoms with Gasteiger partial charge in [0.1, 0.15) is 18.1 Å². The third-order valence-electron chi connectivity index (χ3n) is 5.80. The smallest absolute Gasteiger partial charge is 0.328 e. The van der Waals surface area contributed by atoms with E-state index in [0.29, 0.717) is 6.61 Å². The fourth-order valence-electron chi connectivity index (χ4n) is 4.10. The van der Waals surface area contributed by atoms with Gasteiger partial charge in [0, 0.05) is 6.08 Å². The van der Waals surface area contributed by atoms with Gasteiger partial charge in [0.05, 0.1) is 7.11 Å². The van der Waals surface area contributed by atoms with E-state index in [1.165, 1.54) is 25.3 Å². The second-order valence-corrected chi connectivity index (χ2v) is 7.83. The van der Waals surface area contributed by atoms with E-state index in [0.717, 1.165) is 46.5 Å². The maximum Gasteiger partial charge on any atom is 0.328 e. The lowest BCUT2D eigenvalue weighted by Gasteiger charge is -2.14. The minimum Gasteiger partial charge on any atom is -0.497 e. The molecule has 2 aliphatic rings. The van der Waals surface area contributed by atoms with Crippen LogP contribution in [0.25, 0.3) is 6.08 Å². The lowest BCUT2D eigenvalue weighted by Crippen LogP contribution is -2.04. The van der Waals surface area contributed by atoms with Crippen molar-refractivity contribution in [1.29, 1.82) is 0 Å². The molecule has 2 aliphatic carbocycles. The molecule has 0 radical (unpaired) electrons. The van der Waals surface area contributed by atoms with Crippen LogP contribution < -0.4 is 9.47 Å². The van der Waals surface area contributed by atoms with Crippen molar-refractivity contribution in [2.75, 3.05) is 7.11 Å². The molecule has 30 heavy (non-hydrogen) atoms. The SMILES string of the molecule is CCC1CC2C=CC1C2.COc1ccc(COc2ccc(C=CC(=O)O)cc2)cc1. The molecule has 158 valence electrons. The summed E-state index contributed by atoms with van der Waals surface area (Å²) in [5.74, 6) is 3.57. The van der Waals surface area contributed by atoms with Crippen molar-refractivity contribution >= 4 is 12.0 Å². The molecule has 0 amide bonds. The molecule has 2 aromatic carbocycles. The quantitative estimate of drug-likeness (QED) is 0.454. The molecule has 4 nitrogen and oxygen atoms in total. The van der Waals surface area contributed by atoms with Crippen LogP contribution in [0, 0.1) is 17.8 Å². The van der Waals surface area contributed by atoms with Crippen molar-refractivity contribution in [3.63, 3.8) is 0 Å². The summed E-state index contributed by atoms with van der Waals surface area (Å²) in [5, 5.41) is 8.56. The van der Waals surface area contributed by atoms with Crippen LogP contribution in [0.5, 0.6) is 11.5 Å². The van der Waals surface area contributed by atoms with Gasteiger partial charge < -0.3 is 14.6 Å². The number of carbonyl (C=O) groups is 1. The minimum atomic E-state index is -0.963. The summed E-state index contributed by atoms with van der Waals surface area (Å²) in [7, 11) is 1.63. The van der Waals surface area contributed by atoms with Gasteiger partial charge >= 0.3 is 5.97 Å². The fraction of sp³-hybridized carbons (Fsp3) is 0.346. The molecular formula is C26H30O4. The van der Waals surface area contributed by atoms with Crippen molar-refractivity contribution in [2.45, 2.75) is 32.8 Å². The minimum absolute atomic E-state index is 0.467. The van der Waals surface area contributed by atoms with E-state index < -0.39 is 5.97 Å². The first-order chi connectivity index (χ1) is 14.6. The molecule has 0 saturated heterocycles. The topological polar surface area (TPSA) is 55.8 Å². The van der Waals surface area contributed by atoms with E-state index in [9.17, 15) is 4.79 Å². The van der Waals surface area contributed by atoms with Crippen molar-refractivity contribution in [3.05, 3.63) is 77.9 Å². The number of allylic oxidation sites excluding steroid dienone is 2. The summed E-state index contributed by atoms with van der Waals surface area (Å²) < 4.78 is 10.8. The number of hydrogen-bond donors (Lipinski definition) is 1. The summed E-state index contributed by atoms with van der Waals surface area (Å²) in [6.45, 7) is 2.79. The number of ether oxygens (including phenoxy) is 2. The van der Waals surface area contributed by atoms with Gasteiger partial charge in [0.15, 0.2) is 0 Å². The number of carboxylic acid groups (broad SMARTS) is 1. The highest BCUT2D eigenvalue weighted by atomic mass is 16.5. The summed E-state index contributed by atoms with van der Waals surface area (Å²) >= 11 is 0. The molecule has 0 aliphatic heterocycles. The van der Waals surface area contributed by atoms with Crippen molar-refractivity contribution < 1.29 is 19.4 Å². The number of rotatable bonds is 7. The number of aliphatic carboxylic acids is 1. The van der Waals surface area contributed by atoms with Gasteiger partial charge in [-0.15, -0.1) is 0 Å². The standard InChI is InChI=1S/C17H16O4.C9H14/c1-20-15-7-4-14(5-8-15)12-21-16-9-2-13(3-10-16)6-11-17(18)19;1-2-8-5-7-3-4-9(8)6-7/h2-11H,12H2,1H3,(H,18,19);3-4,7-9H,2,5-6H2,1H3. The average molecular weight is 407 g/mol. The first kappa shape index (κ1) is 21.7. The summed E-state index contributed by atoms with van der Waals surface area (Å²) in [6, 6.07) is 14.9. The van der Waals surface area contributed by atoms with Gasteiger partial charge in [-0.1, -0.05) is 49.8 Å². The van der Waals surface area contributed by atoms with Crippen molar-refractivity contribution in [1.82, 2.24) is 0 Å². The van der Waals surface area contributed by atoms with Crippen LogP contribution in [-0.2, 0) is 11.4 Å². The third-order valence-corrected chi connectivity index (χ3v) is 5.80. The van der Waals surface area contributed by atoms with Gasteiger partial charge in [-0.2, -0.15) is 0 Å². The van der Waals surface area contributed by atoms with Gasteiger partial charge in [-0.05, 0) is 72.1 Å². The average Bonchev–Trinajstić information content (AvgIpc) is 3.41. The van der Waals surface area contributed by atoms with Crippen LogP contribution in [0.2, 0.25) is 0 Å². The van der Waals surface area contributed by atoms with E-state index in [1.807, 2.05) is 48.5 Å². The van der Waals surface area contributed by atoms with Crippen LogP contribution in [0.1, 0.15) is 37.3 Å². The largest absolute Gasteiger partial charge is 0.497 e. The van der Waals surface area contributed by atoms with Gasteiger partial charge in [0.2, 0.25) is 0 Å². The van der Waals surface area contributed by atoms with Gasteiger partial charge in [-0.3, -0.25) is 0 Å². The molecule has 4 rings (SSSR count). The molecule has 0 heterocycles. The molecule has 1 N–H and O–H groups in total. The third kappa shape index (κ3) is 6.24. The normalized spacial score (nSPS) is 21.3. The molecule has 2 bridgehead atoms. The zero-order valence-corrected chi connectivity index (χ0v) is 17.7. The molecule has 3 unspecified atom stereocenters. The second kappa shape index (κ2) is 10.7. The first-order valence-electron chi connectivity index (χ1n) is 10.5. The van der Waals surface area contributed by atoms with E-state index in [2.05, 4.69) is 19.1 Å². The Bertz CT molecular complexity index is 865. The Morgan fingerprint density at radius 2 is 1.73 bits per heavy atom. The maximum atomic E-state index is 10.4. The van der Waals surface area contributed by atoms with Crippen LogP contribution in [-0.4, -0.2) is 18.2 Å². The number of methoxy groups -OCH3 is 1. The Morgan fingerprint density at radius 1 is 1.03 bits per heavy atom. The lowest BCUT2D eigenvalue weighted by atomic mass is 9.91. The van der Waals surface area contributed by atoms with Crippen molar-refractivity contribution in [3.8, 4) is 11.5 Å². The Kier molecular flexibility index (Phi) is 7.72. The molecule has 1 saturated carbocycles. The highest BCUT2D eigenvalue weighted by Crippen LogP contribution is 2.44. The Morgan fingerprint density at radius 3 is 2.23 bits per heavy atom. The highest BCUT2D eigenvalue weighted by molar-refractivity contribution is 5.85. The summed E-state index contributed by atoms with van der Waals surface area (Å²) in [6.07, 6.45) is 11.8. The maximum absolute atomic E-state index is 10.4. The van der Waals surface area contributed by atoms with Crippen LogP contribution in [0.3, 0.4) is 0 Å². The van der Waals surface area contributed by atoms with Crippen LogP contribution >= 0.6 is 0 Å². The summed E-state index contributed by atoms with van der Waals surface area (Å²) in [4.78, 5) is 10.4. The number of fused-ring (bicyclic) bond motifs is 2. The monoisotopic (exact) mass is 406 g/mol. The van der Waals surface area contributed by atoms with E-state index in [4.69, 9.17) is 14.6 Å². The highest BCUT2D eigenvalue weighted by Gasteiger charge is 2.33. The molecule has 0 aromatic heterocycles. The van der Waals surface area contributed by atoms with E-state index in [1.54, 1.807) is 7.11 Å². The number of carboxylic acids is 1. The molecule has 2 aromatic rings. The van der Waals surface area contributed by atoms with Gasteiger partial charge in [-0.25, -0.2) is 4.79 Å². The first-order valence-corrected chi connectivity index (χ1v) is 10.5. The molecule has 4 heteroatoms. The number of benzene rings is 2.